The maximum Gasteiger partial charge on any atom is 0.00960 e. The van der Waals surface area contributed by atoms with Gasteiger partial charge in [0.25, 0.3) is 0 Å². The van der Waals surface area contributed by atoms with Gasteiger partial charge in [0, 0.05) is 12.6 Å². The highest BCUT2D eigenvalue weighted by molar-refractivity contribution is 5.03. The Morgan fingerprint density at radius 2 is 2.10 bits per heavy atom. The molecule has 1 N–H and O–H groups in total. The number of rotatable bonds is 1. The predicted octanol–water partition coefficient (Wildman–Crippen LogP) is 1.78. The van der Waals surface area contributed by atoms with Crippen molar-refractivity contribution in [1.82, 2.24) is 5.32 Å². The van der Waals surface area contributed by atoms with Crippen LogP contribution in [0.2, 0.25) is 0 Å². The zero-order chi connectivity index (χ0) is 7.19. The Morgan fingerprint density at radius 3 is 2.40 bits per heavy atom. The molecule has 0 aromatic carbocycles. The van der Waals surface area contributed by atoms with E-state index in [1.807, 2.05) is 0 Å². The first-order chi connectivity index (χ1) is 4.72. The molecule has 1 spiro atoms. The van der Waals surface area contributed by atoms with Crippen LogP contribution in [0.15, 0.2) is 0 Å². The second-order valence-electron chi connectivity index (χ2n) is 4.44. The smallest absolute Gasteiger partial charge is 0.00960 e. The average molecular weight is 139 g/mol. The van der Waals surface area contributed by atoms with Crippen molar-refractivity contribution in [2.45, 2.75) is 39.2 Å². The summed E-state index contributed by atoms with van der Waals surface area (Å²) in [5, 5.41) is 3.61. The summed E-state index contributed by atoms with van der Waals surface area (Å²) in [4.78, 5) is 0. The lowest BCUT2D eigenvalue weighted by molar-refractivity contribution is 0.435. The first-order valence-corrected chi connectivity index (χ1v) is 4.45. The van der Waals surface area contributed by atoms with E-state index in [4.69, 9.17) is 0 Å². The first-order valence-electron chi connectivity index (χ1n) is 4.45. The minimum absolute atomic E-state index is 0.787. The van der Waals surface area contributed by atoms with Gasteiger partial charge in [-0.2, -0.15) is 0 Å². The van der Waals surface area contributed by atoms with Crippen LogP contribution < -0.4 is 5.32 Å². The van der Waals surface area contributed by atoms with Crippen LogP contribution in [0.4, 0.5) is 0 Å². The third-order valence-electron chi connectivity index (χ3n) is 3.15. The second kappa shape index (κ2) is 1.97. The van der Waals surface area contributed by atoms with E-state index in [1.165, 1.54) is 25.8 Å². The summed E-state index contributed by atoms with van der Waals surface area (Å²) in [6.45, 7) is 5.94. The summed E-state index contributed by atoms with van der Waals surface area (Å²) < 4.78 is 0. The molecule has 0 aromatic heterocycles. The minimum atomic E-state index is 0.787. The number of hydrogen-bond acceptors (Lipinski definition) is 1. The van der Waals surface area contributed by atoms with Gasteiger partial charge in [-0.05, 0) is 30.6 Å². The van der Waals surface area contributed by atoms with E-state index in [0.29, 0.717) is 0 Å². The Bertz CT molecular complexity index is 136. The van der Waals surface area contributed by atoms with Gasteiger partial charge >= 0.3 is 0 Å². The Kier molecular flexibility index (Phi) is 1.31. The molecule has 58 valence electrons. The highest BCUT2D eigenvalue weighted by Gasteiger charge is 2.48. The van der Waals surface area contributed by atoms with Gasteiger partial charge in [0.1, 0.15) is 0 Å². The molecule has 2 rings (SSSR count). The van der Waals surface area contributed by atoms with E-state index >= 15 is 0 Å². The van der Waals surface area contributed by atoms with Crippen LogP contribution >= 0.6 is 0 Å². The number of nitrogens with one attached hydrogen (secondary N) is 1. The quantitative estimate of drug-likeness (QED) is 0.584. The molecule has 1 saturated heterocycles. The van der Waals surface area contributed by atoms with Crippen molar-refractivity contribution in [3.05, 3.63) is 0 Å². The molecule has 2 fully saturated rings. The van der Waals surface area contributed by atoms with Gasteiger partial charge in [0.2, 0.25) is 0 Å². The van der Waals surface area contributed by atoms with Crippen LogP contribution in [0.3, 0.4) is 0 Å². The fourth-order valence-corrected chi connectivity index (χ4v) is 1.99. The molecule has 1 heteroatoms. The Hall–Kier alpha value is -0.0400. The molecule has 0 radical (unpaired) electrons. The van der Waals surface area contributed by atoms with E-state index < -0.39 is 0 Å². The summed E-state index contributed by atoms with van der Waals surface area (Å²) in [5.74, 6) is 0.833. The van der Waals surface area contributed by atoms with Gasteiger partial charge < -0.3 is 5.32 Å². The molecular weight excluding hydrogens is 122 g/mol. The average Bonchev–Trinajstić information content (AvgIpc) is 2.41. The maximum atomic E-state index is 3.61. The largest absolute Gasteiger partial charge is 0.313 e. The molecule has 1 atom stereocenters. The molecule has 1 aliphatic carbocycles. The third kappa shape index (κ3) is 0.968. The van der Waals surface area contributed by atoms with Gasteiger partial charge in [0.05, 0.1) is 0 Å². The first kappa shape index (κ1) is 6.66. The summed E-state index contributed by atoms with van der Waals surface area (Å²) >= 11 is 0. The van der Waals surface area contributed by atoms with Crippen molar-refractivity contribution in [1.29, 1.82) is 0 Å². The van der Waals surface area contributed by atoms with E-state index in [0.717, 1.165) is 17.4 Å². The van der Waals surface area contributed by atoms with E-state index in [2.05, 4.69) is 19.2 Å². The molecule has 0 amide bonds. The third-order valence-corrected chi connectivity index (χ3v) is 3.15. The van der Waals surface area contributed by atoms with Crippen LogP contribution in [-0.4, -0.2) is 12.6 Å². The Morgan fingerprint density at radius 1 is 1.40 bits per heavy atom. The van der Waals surface area contributed by atoms with Crippen LogP contribution in [0.5, 0.6) is 0 Å². The van der Waals surface area contributed by atoms with E-state index in [-0.39, 0.29) is 0 Å². The highest BCUT2D eigenvalue weighted by atomic mass is 15.0. The van der Waals surface area contributed by atoms with Crippen molar-refractivity contribution in [3.8, 4) is 0 Å². The fraction of sp³-hybridized carbons (Fsp3) is 1.00. The molecule has 1 aliphatic heterocycles. The molecule has 0 unspecified atom stereocenters. The second-order valence-corrected chi connectivity index (χ2v) is 4.44. The Labute approximate surface area is 63.2 Å². The van der Waals surface area contributed by atoms with Crippen LogP contribution in [0.1, 0.15) is 33.1 Å². The molecular formula is C9H17N. The molecule has 1 nitrogen and oxygen atoms in total. The Balaban J connectivity index is 1.93. The summed E-state index contributed by atoms with van der Waals surface area (Å²) in [6.07, 6.45) is 4.43. The lowest BCUT2D eigenvalue weighted by Crippen LogP contribution is -2.26. The van der Waals surface area contributed by atoms with E-state index in [9.17, 15) is 0 Å². The standard InChI is InChI=1S/C9H17N/c1-7(2)8-5-9(3-4-9)6-10-8/h7-8,10H,3-6H2,1-2H3/t8-/m1/s1. The molecule has 1 heterocycles. The molecule has 10 heavy (non-hydrogen) atoms. The monoisotopic (exact) mass is 139 g/mol. The van der Waals surface area contributed by atoms with Crippen molar-refractivity contribution >= 4 is 0 Å². The topological polar surface area (TPSA) is 12.0 Å². The van der Waals surface area contributed by atoms with Crippen molar-refractivity contribution in [2.24, 2.45) is 11.3 Å². The molecule has 0 bridgehead atoms. The minimum Gasteiger partial charge on any atom is -0.313 e. The van der Waals surface area contributed by atoms with Crippen LogP contribution in [-0.2, 0) is 0 Å². The van der Waals surface area contributed by atoms with Gasteiger partial charge in [-0.1, -0.05) is 13.8 Å². The van der Waals surface area contributed by atoms with E-state index in [1.54, 1.807) is 0 Å². The van der Waals surface area contributed by atoms with Crippen molar-refractivity contribution in [3.63, 3.8) is 0 Å². The zero-order valence-electron chi connectivity index (χ0n) is 6.98. The maximum absolute atomic E-state index is 3.61. The normalized spacial score (nSPS) is 35.7. The highest BCUT2D eigenvalue weighted by Crippen LogP contribution is 2.52. The lowest BCUT2D eigenvalue weighted by atomic mass is 9.96. The molecule has 0 aromatic rings. The fourth-order valence-electron chi connectivity index (χ4n) is 1.99. The summed E-state index contributed by atoms with van der Waals surface area (Å²) in [7, 11) is 0. The zero-order valence-corrected chi connectivity index (χ0v) is 6.98. The molecule has 1 saturated carbocycles. The van der Waals surface area contributed by atoms with Gasteiger partial charge in [0.15, 0.2) is 0 Å². The summed E-state index contributed by atoms with van der Waals surface area (Å²) in [6, 6.07) is 0.822. The summed E-state index contributed by atoms with van der Waals surface area (Å²) in [5.41, 5.74) is 0.787. The van der Waals surface area contributed by atoms with Crippen LogP contribution in [0.25, 0.3) is 0 Å². The van der Waals surface area contributed by atoms with Crippen LogP contribution in [0, 0.1) is 11.3 Å². The van der Waals surface area contributed by atoms with Crippen molar-refractivity contribution < 1.29 is 0 Å². The number of hydrogen-bond donors (Lipinski definition) is 1. The van der Waals surface area contributed by atoms with Gasteiger partial charge in [-0.3, -0.25) is 0 Å². The van der Waals surface area contributed by atoms with Gasteiger partial charge in [-0.25, -0.2) is 0 Å². The van der Waals surface area contributed by atoms with Crippen molar-refractivity contribution in [2.75, 3.05) is 6.54 Å². The molecule has 2 aliphatic rings. The SMILES string of the molecule is CC(C)[C@H]1CC2(CC2)CN1. The van der Waals surface area contributed by atoms with Gasteiger partial charge in [-0.15, -0.1) is 0 Å². The lowest BCUT2D eigenvalue weighted by Gasteiger charge is -2.13. The predicted molar refractivity (Wildman–Crippen MR) is 42.9 cm³/mol.